The minimum Gasteiger partial charge on any atom is -0.598 e. The maximum atomic E-state index is 15.9. The second kappa shape index (κ2) is 11.8. The molecule has 0 aliphatic carbocycles. The van der Waals surface area contributed by atoms with Crippen LogP contribution in [0.4, 0.5) is 8.78 Å². The third-order valence-corrected chi connectivity index (χ3v) is 9.07. The summed E-state index contributed by atoms with van der Waals surface area (Å²) in [5, 5.41) is -4.24. The smallest absolute Gasteiger partial charge is 0.370 e. The monoisotopic (exact) mass is 534 g/mol. The zero-order valence-corrected chi connectivity index (χ0v) is 22.2. The van der Waals surface area contributed by atoms with E-state index in [2.05, 4.69) is 4.72 Å². The molecule has 36 heavy (non-hydrogen) atoms. The molecule has 1 unspecified atom stereocenters. The minimum absolute atomic E-state index is 0.303. The lowest BCUT2D eigenvalue weighted by molar-refractivity contribution is 0.0367. The largest absolute Gasteiger partial charge is 0.598 e. The van der Waals surface area contributed by atoms with Crippen molar-refractivity contribution in [2.45, 2.75) is 54.8 Å². The van der Waals surface area contributed by atoms with Gasteiger partial charge in [-0.1, -0.05) is 78.9 Å². The van der Waals surface area contributed by atoms with Crippen LogP contribution in [-0.4, -0.2) is 40.5 Å². The molecule has 2 atom stereocenters. The summed E-state index contributed by atoms with van der Waals surface area (Å²) < 4.78 is 72.6. The molecule has 0 amide bonds. The Morgan fingerprint density at radius 1 is 0.833 bits per heavy atom. The van der Waals surface area contributed by atoms with Gasteiger partial charge in [0.05, 0.1) is 4.90 Å². The Bertz CT molecular complexity index is 1150. The SMILES string of the molecule is CC(C)(C)[S+]([O-])N[C@@H](CN(Cc1ccccc1)Cc1ccccc1)C(F)(F)S(=O)(=O)c1ccccc1. The molecule has 3 rings (SSSR count). The van der Waals surface area contributed by atoms with Crippen LogP contribution in [0.15, 0.2) is 95.9 Å². The maximum Gasteiger partial charge on any atom is 0.370 e. The fourth-order valence-corrected chi connectivity index (χ4v) is 5.84. The van der Waals surface area contributed by atoms with E-state index in [1.165, 1.54) is 12.1 Å². The average Bonchev–Trinajstić information content (AvgIpc) is 2.84. The molecule has 3 aromatic carbocycles. The zero-order chi connectivity index (χ0) is 26.4. The lowest BCUT2D eigenvalue weighted by Crippen LogP contribution is -2.59. The molecule has 3 aromatic rings. The standard InChI is InChI=1S/C27H32F2N2O3S2/c1-26(2,3)35(32)30-25(27(28,29)36(33,34)24-17-11-6-12-18-24)21-31(19-22-13-7-4-8-14-22)20-23-15-9-5-10-16-23/h4-18,25,30H,19-21H2,1-3H3/t25-,35?/m0/s1. The molecule has 0 radical (unpaired) electrons. The van der Waals surface area contributed by atoms with Crippen LogP contribution in [0, 0.1) is 0 Å². The molecule has 0 saturated carbocycles. The predicted molar refractivity (Wildman–Crippen MR) is 140 cm³/mol. The lowest BCUT2D eigenvalue weighted by Gasteiger charge is -2.35. The van der Waals surface area contributed by atoms with Gasteiger partial charge in [0, 0.05) is 31.0 Å². The summed E-state index contributed by atoms with van der Waals surface area (Å²) in [6.07, 6.45) is 0. The van der Waals surface area contributed by atoms with Crippen molar-refractivity contribution in [3.63, 3.8) is 0 Å². The van der Waals surface area contributed by atoms with E-state index in [0.29, 0.717) is 13.1 Å². The fourth-order valence-electron chi connectivity index (χ4n) is 3.59. The highest BCUT2D eigenvalue weighted by molar-refractivity contribution is 7.93. The molecule has 0 bridgehead atoms. The van der Waals surface area contributed by atoms with Crippen LogP contribution in [0.3, 0.4) is 0 Å². The van der Waals surface area contributed by atoms with Crippen molar-refractivity contribution in [3.8, 4) is 0 Å². The molecule has 0 fully saturated rings. The molecule has 0 aliphatic heterocycles. The fraction of sp³-hybridized carbons (Fsp3) is 0.333. The van der Waals surface area contributed by atoms with E-state index in [4.69, 9.17) is 0 Å². The quantitative estimate of drug-likeness (QED) is 0.344. The van der Waals surface area contributed by atoms with Gasteiger partial charge >= 0.3 is 5.25 Å². The van der Waals surface area contributed by atoms with Crippen molar-refractivity contribution in [2.24, 2.45) is 0 Å². The minimum atomic E-state index is -5.08. The van der Waals surface area contributed by atoms with Crippen LogP contribution in [-0.2, 0) is 34.3 Å². The van der Waals surface area contributed by atoms with Crippen molar-refractivity contribution in [2.75, 3.05) is 6.54 Å². The average molecular weight is 535 g/mol. The molecule has 9 heteroatoms. The molecule has 0 spiro atoms. The van der Waals surface area contributed by atoms with Crippen LogP contribution in [0.25, 0.3) is 0 Å². The van der Waals surface area contributed by atoms with Gasteiger partial charge in [0.15, 0.2) is 0 Å². The van der Waals surface area contributed by atoms with E-state index in [0.717, 1.165) is 23.3 Å². The van der Waals surface area contributed by atoms with E-state index in [9.17, 15) is 13.0 Å². The summed E-state index contributed by atoms with van der Waals surface area (Å²) in [6, 6.07) is 23.4. The van der Waals surface area contributed by atoms with Crippen LogP contribution in [0.2, 0.25) is 0 Å². The highest BCUT2D eigenvalue weighted by Gasteiger charge is 2.55. The second-order valence-electron chi connectivity index (χ2n) is 9.57. The number of rotatable bonds is 11. The van der Waals surface area contributed by atoms with Gasteiger partial charge in [-0.05, 0) is 44.0 Å². The molecular weight excluding hydrogens is 502 g/mol. The Labute approximate surface area is 215 Å². The zero-order valence-electron chi connectivity index (χ0n) is 20.6. The highest BCUT2D eigenvalue weighted by Crippen LogP contribution is 2.34. The Morgan fingerprint density at radius 2 is 1.25 bits per heavy atom. The second-order valence-corrected chi connectivity index (χ2v) is 13.6. The summed E-state index contributed by atoms with van der Waals surface area (Å²) >= 11 is -1.94. The predicted octanol–water partition coefficient (Wildman–Crippen LogP) is 5.18. The number of nitrogens with one attached hydrogen (secondary N) is 1. The first-order valence-corrected chi connectivity index (χ1v) is 14.2. The van der Waals surface area contributed by atoms with Gasteiger partial charge in [0.1, 0.15) is 10.8 Å². The maximum absolute atomic E-state index is 15.9. The number of halogens is 2. The summed E-state index contributed by atoms with van der Waals surface area (Å²) in [7, 11) is -5.08. The number of benzene rings is 3. The third-order valence-electron chi connectivity index (χ3n) is 5.56. The number of nitrogens with zero attached hydrogens (tertiary/aromatic N) is 1. The Balaban J connectivity index is 2.00. The summed E-state index contributed by atoms with van der Waals surface area (Å²) in [6.45, 7) is 5.17. The first-order chi connectivity index (χ1) is 16.9. The van der Waals surface area contributed by atoms with E-state index in [-0.39, 0.29) is 6.54 Å². The van der Waals surface area contributed by atoms with Gasteiger partial charge in [-0.2, -0.15) is 8.78 Å². The van der Waals surface area contributed by atoms with Crippen molar-refractivity contribution in [3.05, 3.63) is 102 Å². The van der Waals surface area contributed by atoms with E-state index >= 15 is 8.78 Å². The van der Waals surface area contributed by atoms with Crippen molar-refractivity contribution < 1.29 is 21.8 Å². The molecule has 0 heterocycles. The molecule has 1 N–H and O–H groups in total. The molecule has 0 saturated heterocycles. The van der Waals surface area contributed by atoms with E-state index in [1.807, 2.05) is 60.7 Å². The van der Waals surface area contributed by atoms with Gasteiger partial charge in [0.2, 0.25) is 9.84 Å². The summed E-state index contributed by atoms with van der Waals surface area (Å²) in [5.74, 6) is 0. The first kappa shape index (κ1) is 28.3. The van der Waals surface area contributed by atoms with Gasteiger partial charge in [-0.15, -0.1) is 4.72 Å². The summed E-state index contributed by atoms with van der Waals surface area (Å²) in [4.78, 5) is 1.26. The lowest BCUT2D eigenvalue weighted by atomic mass is 10.1. The Morgan fingerprint density at radius 3 is 1.67 bits per heavy atom. The Kier molecular flexibility index (Phi) is 9.29. The van der Waals surface area contributed by atoms with Gasteiger partial charge in [-0.25, -0.2) is 8.42 Å². The van der Waals surface area contributed by atoms with Crippen LogP contribution in [0.5, 0.6) is 0 Å². The van der Waals surface area contributed by atoms with Crippen LogP contribution < -0.4 is 4.72 Å². The van der Waals surface area contributed by atoms with Crippen LogP contribution >= 0.6 is 0 Å². The van der Waals surface area contributed by atoms with Gasteiger partial charge < -0.3 is 4.55 Å². The van der Waals surface area contributed by atoms with Gasteiger partial charge in [-0.3, -0.25) is 4.90 Å². The first-order valence-electron chi connectivity index (χ1n) is 11.6. The summed E-state index contributed by atoms with van der Waals surface area (Å²) in [5.41, 5.74) is 1.77. The topological polar surface area (TPSA) is 72.5 Å². The van der Waals surface area contributed by atoms with Crippen molar-refractivity contribution in [1.29, 1.82) is 0 Å². The van der Waals surface area contributed by atoms with Crippen molar-refractivity contribution >= 4 is 21.2 Å². The van der Waals surface area contributed by atoms with Crippen molar-refractivity contribution in [1.82, 2.24) is 9.62 Å². The third kappa shape index (κ3) is 7.14. The highest BCUT2D eigenvalue weighted by atomic mass is 32.2. The van der Waals surface area contributed by atoms with Gasteiger partial charge in [0.25, 0.3) is 0 Å². The number of hydrogen-bond acceptors (Lipinski definition) is 5. The molecule has 0 aromatic heterocycles. The number of hydrogen-bond donors (Lipinski definition) is 1. The number of alkyl halides is 2. The number of sulfone groups is 1. The van der Waals surface area contributed by atoms with E-state index in [1.54, 1.807) is 31.7 Å². The van der Waals surface area contributed by atoms with Crippen LogP contribution in [0.1, 0.15) is 31.9 Å². The molecule has 5 nitrogen and oxygen atoms in total. The Hall–Kier alpha value is -2.30. The molecule has 194 valence electrons. The normalized spacial score (nSPS) is 14.5. The molecular formula is C27H32F2N2O3S2. The molecule has 0 aliphatic rings. The van der Waals surface area contributed by atoms with E-state index < -0.39 is 42.1 Å².